The lowest BCUT2D eigenvalue weighted by Gasteiger charge is -2.36. The van der Waals surface area contributed by atoms with Crippen molar-refractivity contribution in [3.05, 3.63) is 30.7 Å². The number of rotatable bonds is 6. The molecule has 1 saturated carbocycles. The molecule has 3 amide bonds. The van der Waals surface area contributed by atoms with Gasteiger partial charge in [-0.3, -0.25) is 4.90 Å². The third-order valence-corrected chi connectivity index (χ3v) is 5.58. The topological polar surface area (TPSA) is 119 Å². The summed E-state index contributed by atoms with van der Waals surface area (Å²) in [5.74, 6) is 0.210. The van der Waals surface area contributed by atoms with Crippen LogP contribution in [0.15, 0.2) is 30.7 Å². The highest BCUT2D eigenvalue weighted by Gasteiger charge is 2.34. The number of ether oxygens (including phenoxy) is 2. The smallest absolute Gasteiger partial charge is 0.407 e. The lowest BCUT2D eigenvalue weighted by atomic mass is 9.90. The number of nitrogens with one attached hydrogen (secondary N) is 2. The van der Waals surface area contributed by atoms with Crippen LogP contribution >= 0.6 is 0 Å². The van der Waals surface area contributed by atoms with Crippen molar-refractivity contribution < 1.29 is 32.2 Å². The molecule has 2 aromatic heterocycles. The average molecular weight is 525 g/mol. The summed E-state index contributed by atoms with van der Waals surface area (Å²) in [7, 11) is 1.45. The van der Waals surface area contributed by atoms with Gasteiger partial charge in [0.1, 0.15) is 18.0 Å². The quantitative estimate of drug-likeness (QED) is 0.573. The third-order valence-electron chi connectivity index (χ3n) is 5.58. The number of aromatic nitrogens is 3. The van der Waals surface area contributed by atoms with Gasteiger partial charge in [-0.25, -0.2) is 24.5 Å². The second kappa shape index (κ2) is 11.6. The highest BCUT2D eigenvalue weighted by Crippen LogP contribution is 2.29. The van der Waals surface area contributed by atoms with Crippen LogP contribution in [0.1, 0.15) is 46.5 Å². The van der Waals surface area contributed by atoms with Gasteiger partial charge < -0.3 is 20.1 Å². The normalized spacial score (nSPS) is 18.0. The van der Waals surface area contributed by atoms with Gasteiger partial charge in [-0.05, 0) is 58.6 Å². The van der Waals surface area contributed by atoms with Crippen molar-refractivity contribution in [2.75, 3.05) is 18.6 Å². The Labute approximate surface area is 213 Å². The van der Waals surface area contributed by atoms with Gasteiger partial charge in [0.05, 0.1) is 7.11 Å². The summed E-state index contributed by atoms with van der Waals surface area (Å²) in [5, 5.41) is 4.76. The summed E-state index contributed by atoms with van der Waals surface area (Å²) in [4.78, 5) is 38.7. The highest BCUT2D eigenvalue weighted by atomic mass is 19.4. The zero-order valence-corrected chi connectivity index (χ0v) is 21.1. The fraction of sp³-hybridized carbons (Fsp3) is 0.542. The van der Waals surface area contributed by atoms with Crippen LogP contribution in [0.4, 0.5) is 28.6 Å². The van der Waals surface area contributed by atoms with Crippen LogP contribution in [-0.4, -0.2) is 64.6 Å². The lowest BCUT2D eigenvalue weighted by Crippen LogP contribution is -2.51. The zero-order valence-electron chi connectivity index (χ0n) is 21.1. The zero-order chi connectivity index (χ0) is 27.2. The van der Waals surface area contributed by atoms with E-state index in [1.807, 2.05) is 5.32 Å². The Morgan fingerprint density at radius 1 is 1.00 bits per heavy atom. The molecule has 1 aliphatic carbocycles. The predicted molar refractivity (Wildman–Crippen MR) is 129 cm³/mol. The van der Waals surface area contributed by atoms with E-state index in [4.69, 9.17) is 9.47 Å². The first-order valence-corrected chi connectivity index (χ1v) is 11.8. The number of nitrogens with zero attached hydrogens (tertiary/aromatic N) is 4. The Balaban J connectivity index is 1.73. The number of carbonyl (C=O) groups excluding carboxylic acids is 2. The van der Waals surface area contributed by atoms with Gasteiger partial charge in [-0.1, -0.05) is 0 Å². The first-order chi connectivity index (χ1) is 17.3. The molecule has 13 heteroatoms. The van der Waals surface area contributed by atoms with Crippen molar-refractivity contribution in [1.29, 1.82) is 0 Å². The van der Waals surface area contributed by atoms with E-state index in [-0.39, 0.29) is 17.9 Å². The van der Waals surface area contributed by atoms with Gasteiger partial charge in [0.15, 0.2) is 0 Å². The molecule has 0 unspecified atom stereocenters. The van der Waals surface area contributed by atoms with E-state index in [9.17, 15) is 22.8 Å². The Morgan fingerprint density at radius 2 is 1.62 bits per heavy atom. The fourth-order valence-corrected chi connectivity index (χ4v) is 3.94. The van der Waals surface area contributed by atoms with Crippen LogP contribution < -0.4 is 20.3 Å². The molecule has 37 heavy (non-hydrogen) atoms. The fourth-order valence-electron chi connectivity index (χ4n) is 3.94. The van der Waals surface area contributed by atoms with E-state index in [0.29, 0.717) is 36.8 Å². The van der Waals surface area contributed by atoms with E-state index in [1.54, 1.807) is 45.3 Å². The molecule has 1 fully saturated rings. The van der Waals surface area contributed by atoms with Crippen molar-refractivity contribution in [3.8, 4) is 17.1 Å². The molecule has 0 aliphatic heterocycles. The number of amides is 3. The number of urea groups is 1. The minimum Gasteiger partial charge on any atom is -0.467 e. The Bertz CT molecular complexity index is 1050. The van der Waals surface area contributed by atoms with Crippen molar-refractivity contribution in [2.45, 2.75) is 70.3 Å². The van der Waals surface area contributed by atoms with Crippen LogP contribution in [0.5, 0.6) is 6.01 Å². The number of carbonyl (C=O) groups is 2. The van der Waals surface area contributed by atoms with E-state index >= 15 is 0 Å². The van der Waals surface area contributed by atoms with E-state index < -0.39 is 36.5 Å². The Morgan fingerprint density at radius 3 is 2.14 bits per heavy atom. The van der Waals surface area contributed by atoms with Crippen molar-refractivity contribution in [2.24, 2.45) is 0 Å². The standard InChI is InChI=1S/C24H31F3N6O4/c1-23(2,3)37-22(35)32-17-6-8-18(9-7-17)33(21(34)31-14-24(25,26)27)19-10-5-15(11-28-19)16-12-29-20(36-4)30-13-16/h5,10-13,17-18H,6-9,14H2,1-4H3,(H,31,34)(H,32,35)/t17-,18-. The van der Waals surface area contributed by atoms with E-state index in [0.717, 1.165) is 0 Å². The summed E-state index contributed by atoms with van der Waals surface area (Å²) in [6.07, 6.45) is 1.47. The minimum atomic E-state index is -4.55. The van der Waals surface area contributed by atoms with Crippen LogP contribution in [-0.2, 0) is 4.74 Å². The maximum absolute atomic E-state index is 12.9. The summed E-state index contributed by atoms with van der Waals surface area (Å²) in [5.41, 5.74) is 0.679. The van der Waals surface area contributed by atoms with Crippen LogP contribution in [0.3, 0.4) is 0 Å². The van der Waals surface area contributed by atoms with Gasteiger partial charge in [-0.2, -0.15) is 13.2 Å². The number of alkyl carbamates (subject to hydrolysis) is 1. The number of hydrogen-bond donors (Lipinski definition) is 2. The molecule has 0 spiro atoms. The summed E-state index contributed by atoms with van der Waals surface area (Å²) in [6.45, 7) is 3.84. The molecule has 0 saturated heterocycles. The highest BCUT2D eigenvalue weighted by molar-refractivity contribution is 5.91. The van der Waals surface area contributed by atoms with Crippen LogP contribution in [0.2, 0.25) is 0 Å². The number of hydrogen-bond acceptors (Lipinski definition) is 7. The molecular weight excluding hydrogens is 493 g/mol. The Kier molecular flexibility index (Phi) is 8.77. The van der Waals surface area contributed by atoms with Gasteiger partial charge >= 0.3 is 24.3 Å². The average Bonchev–Trinajstić information content (AvgIpc) is 2.83. The molecule has 2 aromatic rings. The van der Waals surface area contributed by atoms with Crippen molar-refractivity contribution >= 4 is 17.9 Å². The monoisotopic (exact) mass is 524 g/mol. The van der Waals surface area contributed by atoms with Gasteiger partial charge in [0.2, 0.25) is 0 Å². The molecule has 202 valence electrons. The number of methoxy groups -OCH3 is 1. The largest absolute Gasteiger partial charge is 0.467 e. The third kappa shape index (κ3) is 8.46. The van der Waals surface area contributed by atoms with Crippen LogP contribution in [0.25, 0.3) is 11.1 Å². The van der Waals surface area contributed by atoms with Crippen LogP contribution in [0, 0.1) is 0 Å². The molecule has 2 heterocycles. The minimum absolute atomic E-state index is 0.170. The number of halogens is 3. The predicted octanol–water partition coefficient (Wildman–Crippen LogP) is 4.46. The second-order valence-electron chi connectivity index (χ2n) is 9.66. The molecule has 10 nitrogen and oxygen atoms in total. The van der Waals surface area contributed by atoms with Crippen molar-refractivity contribution in [1.82, 2.24) is 25.6 Å². The first kappa shape index (κ1) is 27.9. The number of alkyl halides is 3. The summed E-state index contributed by atoms with van der Waals surface area (Å²) < 4.78 is 48.6. The lowest BCUT2D eigenvalue weighted by molar-refractivity contribution is -0.122. The summed E-state index contributed by atoms with van der Waals surface area (Å²) in [6, 6.07) is 1.99. The molecule has 1 aliphatic rings. The molecular formula is C24H31F3N6O4. The van der Waals surface area contributed by atoms with Gasteiger partial charge in [-0.15, -0.1) is 0 Å². The molecule has 0 bridgehead atoms. The first-order valence-electron chi connectivity index (χ1n) is 11.8. The van der Waals surface area contributed by atoms with Crippen molar-refractivity contribution in [3.63, 3.8) is 0 Å². The van der Waals surface area contributed by atoms with E-state index in [2.05, 4.69) is 20.3 Å². The number of anilines is 1. The molecule has 0 atom stereocenters. The maximum Gasteiger partial charge on any atom is 0.407 e. The number of pyridine rings is 1. The van der Waals surface area contributed by atoms with Gasteiger partial charge in [0.25, 0.3) is 0 Å². The molecule has 2 N–H and O–H groups in total. The Hall–Kier alpha value is -3.64. The molecule has 0 aromatic carbocycles. The SMILES string of the molecule is COc1ncc(-c2ccc(N(C(=O)NCC(F)(F)F)[C@H]3CC[C@H](NC(=O)OC(C)(C)C)CC3)nc2)cn1. The molecule has 3 rings (SSSR count). The summed E-state index contributed by atoms with van der Waals surface area (Å²) >= 11 is 0. The molecule has 0 radical (unpaired) electrons. The van der Waals surface area contributed by atoms with E-state index in [1.165, 1.54) is 18.2 Å². The van der Waals surface area contributed by atoms with Gasteiger partial charge in [0, 0.05) is 41.8 Å². The second-order valence-corrected chi connectivity index (χ2v) is 9.66. The maximum atomic E-state index is 12.9.